The molecule has 2 aromatic carbocycles. The van der Waals surface area contributed by atoms with Crippen LogP contribution < -0.4 is 11.3 Å². The minimum Gasteiger partial charge on any atom is -0.462 e. The van der Waals surface area contributed by atoms with Crippen LogP contribution in [0.3, 0.4) is 0 Å². The van der Waals surface area contributed by atoms with Gasteiger partial charge in [-0.05, 0) is 42.8 Å². The van der Waals surface area contributed by atoms with E-state index in [1.54, 1.807) is 31.2 Å². The third kappa shape index (κ3) is 3.22. The van der Waals surface area contributed by atoms with Crippen molar-refractivity contribution in [2.45, 2.75) is 11.8 Å². The Labute approximate surface area is 171 Å². The molecule has 0 fully saturated rings. The SMILES string of the molecule is CCOC(=O)c1c[nH]c2c(=O)[nH]c3ccc(-c4cc(S(C)(=O)=O)ccc4N)cc3c12. The number of hydrogen-bond donors (Lipinski definition) is 3. The number of nitrogens with two attached hydrogens (primary N) is 1. The van der Waals surface area contributed by atoms with Gasteiger partial charge in [-0.15, -0.1) is 0 Å². The molecule has 4 aromatic rings. The van der Waals surface area contributed by atoms with Crippen LogP contribution in [0.2, 0.25) is 0 Å². The molecule has 154 valence electrons. The molecule has 0 saturated heterocycles. The number of hydrogen-bond acceptors (Lipinski definition) is 6. The first-order chi connectivity index (χ1) is 14.2. The van der Waals surface area contributed by atoms with Gasteiger partial charge >= 0.3 is 5.97 Å². The molecule has 0 aliphatic rings. The first-order valence-corrected chi connectivity index (χ1v) is 11.0. The van der Waals surface area contributed by atoms with Gasteiger partial charge in [0.1, 0.15) is 5.52 Å². The van der Waals surface area contributed by atoms with Crippen molar-refractivity contribution in [2.24, 2.45) is 0 Å². The fraction of sp³-hybridized carbons (Fsp3) is 0.143. The molecule has 0 saturated carbocycles. The summed E-state index contributed by atoms with van der Waals surface area (Å²) in [6.07, 6.45) is 2.57. The van der Waals surface area contributed by atoms with Crippen LogP contribution >= 0.6 is 0 Å². The first-order valence-electron chi connectivity index (χ1n) is 9.15. The molecule has 0 unspecified atom stereocenters. The first kappa shape index (κ1) is 19.7. The summed E-state index contributed by atoms with van der Waals surface area (Å²) in [5.41, 5.74) is 8.36. The maximum Gasteiger partial charge on any atom is 0.340 e. The number of pyridine rings is 1. The molecule has 4 N–H and O–H groups in total. The number of nitrogen functional groups attached to an aromatic ring is 1. The fourth-order valence-electron chi connectivity index (χ4n) is 3.48. The van der Waals surface area contributed by atoms with Crippen LogP contribution in [-0.2, 0) is 14.6 Å². The average molecular weight is 425 g/mol. The largest absolute Gasteiger partial charge is 0.462 e. The van der Waals surface area contributed by atoms with Crippen molar-refractivity contribution in [3.63, 3.8) is 0 Å². The maximum absolute atomic E-state index is 12.4. The van der Waals surface area contributed by atoms with E-state index >= 15 is 0 Å². The van der Waals surface area contributed by atoms with Gasteiger partial charge in [0.05, 0.1) is 17.1 Å². The zero-order valence-electron chi connectivity index (χ0n) is 16.3. The van der Waals surface area contributed by atoms with Gasteiger partial charge in [-0.2, -0.15) is 0 Å². The Kier molecular flexibility index (Phi) is 4.62. The van der Waals surface area contributed by atoms with Gasteiger partial charge in [-0.25, -0.2) is 13.2 Å². The molecule has 0 aliphatic heterocycles. The quantitative estimate of drug-likeness (QED) is 0.340. The van der Waals surface area contributed by atoms with E-state index < -0.39 is 15.8 Å². The highest BCUT2D eigenvalue weighted by atomic mass is 32.2. The number of carbonyl (C=O) groups is 1. The van der Waals surface area contributed by atoms with Crippen LogP contribution in [-0.4, -0.2) is 37.2 Å². The Morgan fingerprint density at radius 3 is 2.63 bits per heavy atom. The van der Waals surface area contributed by atoms with Gasteiger partial charge in [0, 0.05) is 40.0 Å². The molecule has 8 nitrogen and oxygen atoms in total. The minimum absolute atomic E-state index is 0.146. The summed E-state index contributed by atoms with van der Waals surface area (Å²) in [7, 11) is -3.42. The summed E-state index contributed by atoms with van der Waals surface area (Å²) in [5.74, 6) is -0.542. The molecule has 0 amide bonds. The molecule has 2 heterocycles. The number of rotatable bonds is 4. The standard InChI is InChI=1S/C21H19N3O5S/c1-3-29-21(26)15-10-23-19-18(15)14-8-11(4-7-17(14)24-20(19)25)13-9-12(30(2,27)28)5-6-16(13)22/h4-10,23H,3,22H2,1-2H3,(H,24,25). The lowest BCUT2D eigenvalue weighted by Gasteiger charge is -2.10. The fourth-order valence-corrected chi connectivity index (χ4v) is 4.13. The van der Waals surface area contributed by atoms with Gasteiger partial charge < -0.3 is 20.4 Å². The van der Waals surface area contributed by atoms with Crippen LogP contribution in [0.4, 0.5) is 5.69 Å². The number of nitrogens with one attached hydrogen (secondary N) is 2. The lowest BCUT2D eigenvalue weighted by molar-refractivity contribution is 0.0529. The lowest BCUT2D eigenvalue weighted by atomic mass is 9.99. The van der Waals surface area contributed by atoms with E-state index in [-0.39, 0.29) is 28.1 Å². The van der Waals surface area contributed by atoms with Gasteiger partial charge in [0.25, 0.3) is 5.56 Å². The predicted molar refractivity (Wildman–Crippen MR) is 115 cm³/mol. The van der Waals surface area contributed by atoms with Gasteiger partial charge in [-0.1, -0.05) is 6.07 Å². The van der Waals surface area contributed by atoms with E-state index in [0.717, 1.165) is 6.26 Å². The van der Waals surface area contributed by atoms with Crippen molar-refractivity contribution in [3.8, 4) is 11.1 Å². The molecule has 30 heavy (non-hydrogen) atoms. The van der Waals surface area contributed by atoms with E-state index in [4.69, 9.17) is 10.5 Å². The number of aromatic nitrogens is 2. The predicted octanol–water partition coefficient (Wildman–Crippen LogP) is 2.84. The molecule has 4 rings (SSSR count). The Morgan fingerprint density at radius 1 is 1.17 bits per heavy atom. The highest BCUT2D eigenvalue weighted by Gasteiger charge is 2.19. The number of esters is 1. The Morgan fingerprint density at radius 2 is 1.93 bits per heavy atom. The van der Waals surface area contributed by atoms with E-state index in [1.165, 1.54) is 18.3 Å². The number of H-pyrrole nitrogens is 2. The van der Waals surface area contributed by atoms with Crippen molar-refractivity contribution in [2.75, 3.05) is 18.6 Å². The Balaban J connectivity index is 2.03. The summed E-state index contributed by atoms with van der Waals surface area (Å²) < 4.78 is 29.0. The lowest BCUT2D eigenvalue weighted by Crippen LogP contribution is -2.08. The normalized spacial score (nSPS) is 11.8. The number of benzene rings is 2. The zero-order chi connectivity index (χ0) is 21.6. The molecule has 0 bridgehead atoms. The molecular weight excluding hydrogens is 406 g/mol. The number of sulfone groups is 1. The van der Waals surface area contributed by atoms with Crippen molar-refractivity contribution >= 4 is 43.3 Å². The molecular formula is C21H19N3O5S. The van der Waals surface area contributed by atoms with Gasteiger partial charge in [0.15, 0.2) is 9.84 Å². The van der Waals surface area contributed by atoms with Crippen molar-refractivity contribution in [1.82, 2.24) is 9.97 Å². The smallest absolute Gasteiger partial charge is 0.340 e. The summed E-state index contributed by atoms with van der Waals surface area (Å²) in [4.78, 5) is 30.6. The second-order valence-electron chi connectivity index (χ2n) is 6.91. The Hall–Kier alpha value is -3.59. The number of ether oxygens (including phenoxy) is 1. The maximum atomic E-state index is 12.4. The minimum atomic E-state index is -3.42. The van der Waals surface area contributed by atoms with E-state index in [2.05, 4.69) is 9.97 Å². The number of aromatic amines is 2. The van der Waals surface area contributed by atoms with Gasteiger partial charge in [0.2, 0.25) is 0 Å². The second-order valence-corrected chi connectivity index (χ2v) is 8.92. The summed E-state index contributed by atoms with van der Waals surface area (Å²) in [5, 5.41) is 1.04. The van der Waals surface area contributed by atoms with Crippen LogP contribution in [0.15, 0.2) is 52.3 Å². The third-order valence-corrected chi connectivity index (χ3v) is 6.01. The molecule has 0 atom stereocenters. The molecule has 0 radical (unpaired) electrons. The number of carbonyl (C=O) groups excluding carboxylic acids is 1. The second kappa shape index (κ2) is 7.03. The molecule has 0 spiro atoms. The molecule has 2 aromatic heterocycles. The van der Waals surface area contributed by atoms with Crippen LogP contribution in [0.25, 0.3) is 32.9 Å². The van der Waals surface area contributed by atoms with E-state index in [0.29, 0.717) is 33.1 Å². The topological polar surface area (TPSA) is 135 Å². The van der Waals surface area contributed by atoms with Crippen LogP contribution in [0, 0.1) is 0 Å². The monoisotopic (exact) mass is 425 g/mol. The summed E-state index contributed by atoms with van der Waals surface area (Å²) in [6.45, 7) is 1.90. The molecule has 9 heteroatoms. The average Bonchev–Trinajstić information content (AvgIpc) is 3.14. The van der Waals surface area contributed by atoms with Crippen LogP contribution in [0.5, 0.6) is 0 Å². The number of fused-ring (bicyclic) bond motifs is 3. The van der Waals surface area contributed by atoms with Gasteiger partial charge in [-0.3, -0.25) is 4.79 Å². The summed E-state index contributed by atoms with van der Waals surface area (Å²) in [6, 6.07) is 9.70. The zero-order valence-corrected chi connectivity index (χ0v) is 17.1. The Bertz CT molecular complexity index is 1480. The molecule has 0 aliphatic carbocycles. The van der Waals surface area contributed by atoms with Crippen molar-refractivity contribution < 1.29 is 17.9 Å². The van der Waals surface area contributed by atoms with E-state index in [9.17, 15) is 18.0 Å². The van der Waals surface area contributed by atoms with Crippen molar-refractivity contribution in [3.05, 3.63) is 58.5 Å². The summed E-state index contributed by atoms with van der Waals surface area (Å²) >= 11 is 0. The highest BCUT2D eigenvalue weighted by molar-refractivity contribution is 7.90. The third-order valence-electron chi connectivity index (χ3n) is 4.90. The van der Waals surface area contributed by atoms with E-state index in [1.807, 2.05) is 0 Å². The van der Waals surface area contributed by atoms with Crippen LogP contribution in [0.1, 0.15) is 17.3 Å². The highest BCUT2D eigenvalue weighted by Crippen LogP contribution is 2.33. The number of anilines is 1. The van der Waals surface area contributed by atoms with Crippen molar-refractivity contribution in [1.29, 1.82) is 0 Å².